The Morgan fingerprint density at radius 1 is 1.21 bits per heavy atom. The molecule has 3 rings (SSSR count). The maximum Gasteiger partial charge on any atom is 0.363 e. The summed E-state index contributed by atoms with van der Waals surface area (Å²) in [5.74, 6) is 0.422. The molecule has 94 valence electrons. The molecule has 2 aromatic rings. The number of ether oxygens (including phenoxy) is 1. The van der Waals surface area contributed by atoms with E-state index in [4.69, 9.17) is 9.15 Å². The van der Waals surface area contributed by atoms with Crippen LogP contribution in [0.15, 0.2) is 57.8 Å². The molecule has 1 aromatic heterocycles. The summed E-state index contributed by atoms with van der Waals surface area (Å²) < 4.78 is 11.4. The summed E-state index contributed by atoms with van der Waals surface area (Å²) in [4.78, 5) is 15.9. The summed E-state index contributed by atoms with van der Waals surface area (Å²) in [6.45, 7) is 0. The number of benzene rings is 1. The molecule has 0 aliphatic carbocycles. The molecule has 0 amide bonds. The largest absolute Gasteiger partial charge is 0.465 e. The van der Waals surface area contributed by atoms with Crippen LogP contribution in [0.3, 0.4) is 0 Å². The second-order valence-corrected chi connectivity index (χ2v) is 5.11. The molecule has 0 fully saturated rings. The van der Waals surface area contributed by atoms with Crippen LogP contribution < -0.4 is 0 Å². The van der Waals surface area contributed by atoms with Crippen LogP contribution in [-0.4, -0.2) is 11.9 Å². The predicted molar refractivity (Wildman–Crippen MR) is 78.5 cm³/mol. The molecule has 0 unspecified atom stereocenters. The quantitative estimate of drug-likeness (QED) is 0.467. The monoisotopic (exact) mass is 365 g/mol. The number of hydrogen-bond acceptors (Lipinski definition) is 4. The third-order valence-corrected chi connectivity index (χ3v) is 3.19. The number of furan rings is 1. The van der Waals surface area contributed by atoms with Crippen LogP contribution in [0, 0.1) is 3.57 Å². The number of aliphatic imine (C=N–C) groups is 1. The Morgan fingerprint density at radius 2 is 2.11 bits per heavy atom. The molecule has 0 bridgehead atoms. The van der Waals surface area contributed by atoms with Crippen LogP contribution in [0.1, 0.15) is 11.3 Å². The van der Waals surface area contributed by atoms with Crippen molar-refractivity contribution in [3.63, 3.8) is 0 Å². The Bertz CT molecular complexity index is 686. The van der Waals surface area contributed by atoms with Gasteiger partial charge < -0.3 is 9.15 Å². The molecule has 0 radical (unpaired) electrons. The Labute approximate surface area is 122 Å². The highest BCUT2D eigenvalue weighted by atomic mass is 127. The molecule has 1 aliphatic heterocycles. The third-order valence-electron chi connectivity index (χ3n) is 2.51. The van der Waals surface area contributed by atoms with E-state index in [9.17, 15) is 4.79 Å². The highest BCUT2D eigenvalue weighted by Crippen LogP contribution is 2.20. The molecule has 19 heavy (non-hydrogen) atoms. The first kappa shape index (κ1) is 12.2. The van der Waals surface area contributed by atoms with E-state index in [1.165, 1.54) is 6.26 Å². The lowest BCUT2D eigenvalue weighted by Gasteiger charge is -1.99. The minimum Gasteiger partial charge on any atom is -0.465 e. The topological polar surface area (TPSA) is 51.8 Å². The smallest absolute Gasteiger partial charge is 0.363 e. The zero-order valence-corrected chi connectivity index (χ0v) is 11.8. The average Bonchev–Trinajstić information content (AvgIpc) is 3.01. The lowest BCUT2D eigenvalue weighted by Crippen LogP contribution is -2.05. The normalized spacial score (nSPS) is 16.6. The fourth-order valence-electron chi connectivity index (χ4n) is 1.66. The molecule has 4 nitrogen and oxygen atoms in total. The molecule has 0 atom stereocenters. The Balaban J connectivity index is 1.95. The number of hydrogen-bond donors (Lipinski definition) is 0. The first-order valence-corrected chi connectivity index (χ1v) is 6.62. The minimum atomic E-state index is -0.467. The van der Waals surface area contributed by atoms with Crippen LogP contribution in [-0.2, 0) is 9.53 Å². The van der Waals surface area contributed by atoms with E-state index in [1.54, 1.807) is 18.2 Å². The second-order valence-electron chi connectivity index (χ2n) is 3.86. The van der Waals surface area contributed by atoms with Crippen molar-refractivity contribution in [2.24, 2.45) is 4.99 Å². The lowest BCUT2D eigenvalue weighted by atomic mass is 10.2. The van der Waals surface area contributed by atoms with Gasteiger partial charge in [0.15, 0.2) is 5.70 Å². The van der Waals surface area contributed by atoms with E-state index in [0.717, 1.165) is 9.13 Å². The number of rotatable bonds is 2. The number of nitrogens with zero attached hydrogens (tertiary/aromatic N) is 1. The van der Waals surface area contributed by atoms with E-state index in [2.05, 4.69) is 27.6 Å². The number of carbonyl (C=O) groups excluding carboxylic acids is 1. The zero-order valence-electron chi connectivity index (χ0n) is 9.67. The zero-order chi connectivity index (χ0) is 13.2. The second kappa shape index (κ2) is 5.00. The molecule has 0 N–H and O–H groups in total. The first-order chi connectivity index (χ1) is 9.22. The third kappa shape index (κ3) is 2.60. The van der Waals surface area contributed by atoms with Gasteiger partial charge in [0, 0.05) is 15.2 Å². The van der Waals surface area contributed by atoms with Crippen molar-refractivity contribution < 1.29 is 13.9 Å². The van der Waals surface area contributed by atoms with Gasteiger partial charge in [-0.3, -0.25) is 0 Å². The highest BCUT2D eigenvalue weighted by Gasteiger charge is 2.24. The van der Waals surface area contributed by atoms with Crippen LogP contribution >= 0.6 is 22.6 Å². The summed E-state index contributed by atoms with van der Waals surface area (Å²) >= 11 is 2.20. The van der Waals surface area contributed by atoms with Crippen molar-refractivity contribution >= 4 is 40.5 Å². The van der Waals surface area contributed by atoms with Gasteiger partial charge in [-0.05, 0) is 52.9 Å². The Kier molecular flexibility index (Phi) is 3.20. The summed E-state index contributed by atoms with van der Waals surface area (Å²) in [5.41, 5.74) is 1.02. The first-order valence-electron chi connectivity index (χ1n) is 5.54. The molecule has 5 heteroatoms. The van der Waals surface area contributed by atoms with E-state index >= 15 is 0 Å². The Hall–Kier alpha value is -1.89. The van der Waals surface area contributed by atoms with Gasteiger partial charge in [0.05, 0.1) is 6.26 Å². The number of carbonyl (C=O) groups is 1. The molecular formula is C14H8INO3. The van der Waals surface area contributed by atoms with Crippen molar-refractivity contribution in [1.29, 1.82) is 0 Å². The van der Waals surface area contributed by atoms with E-state index in [0.29, 0.717) is 11.7 Å². The molecule has 0 spiro atoms. The van der Waals surface area contributed by atoms with Crippen molar-refractivity contribution in [2.75, 3.05) is 0 Å². The molecule has 2 heterocycles. The number of esters is 1. The van der Waals surface area contributed by atoms with Gasteiger partial charge in [0.1, 0.15) is 5.76 Å². The van der Waals surface area contributed by atoms with E-state index in [-0.39, 0.29) is 5.70 Å². The Morgan fingerprint density at radius 3 is 2.84 bits per heavy atom. The van der Waals surface area contributed by atoms with Crippen molar-refractivity contribution in [2.45, 2.75) is 0 Å². The van der Waals surface area contributed by atoms with Gasteiger partial charge in [-0.15, -0.1) is 0 Å². The predicted octanol–water partition coefficient (Wildman–Crippen LogP) is 3.23. The van der Waals surface area contributed by atoms with Crippen molar-refractivity contribution in [3.8, 4) is 0 Å². The molecule has 0 saturated heterocycles. The maximum atomic E-state index is 11.7. The van der Waals surface area contributed by atoms with Gasteiger partial charge >= 0.3 is 5.97 Å². The molecular weight excluding hydrogens is 357 g/mol. The van der Waals surface area contributed by atoms with Crippen LogP contribution in [0.25, 0.3) is 6.08 Å². The van der Waals surface area contributed by atoms with Gasteiger partial charge in [-0.2, -0.15) is 0 Å². The molecule has 1 aromatic carbocycles. The number of halogens is 1. The van der Waals surface area contributed by atoms with Crippen molar-refractivity contribution in [3.05, 3.63) is 63.3 Å². The fraction of sp³-hybridized carbons (Fsp3) is 0. The SMILES string of the molecule is O=C1OC(c2cccc(I)c2)=NC1=Cc1ccco1. The van der Waals surface area contributed by atoms with Crippen LogP contribution in [0.5, 0.6) is 0 Å². The summed E-state index contributed by atoms with van der Waals surface area (Å²) in [5, 5.41) is 0. The molecule has 0 saturated carbocycles. The minimum absolute atomic E-state index is 0.240. The summed E-state index contributed by atoms with van der Waals surface area (Å²) in [7, 11) is 0. The van der Waals surface area contributed by atoms with Gasteiger partial charge in [0.2, 0.25) is 5.90 Å². The maximum absolute atomic E-state index is 11.7. The number of cyclic esters (lactones) is 1. The van der Waals surface area contributed by atoms with Gasteiger partial charge in [-0.1, -0.05) is 6.07 Å². The standard InChI is InChI=1S/C14H8INO3/c15-10-4-1-3-9(7-10)13-16-12(14(17)19-13)8-11-5-2-6-18-11/h1-8H. The van der Waals surface area contributed by atoms with Crippen molar-refractivity contribution in [1.82, 2.24) is 0 Å². The van der Waals surface area contributed by atoms with Crippen LogP contribution in [0.2, 0.25) is 0 Å². The van der Waals surface area contributed by atoms with Gasteiger partial charge in [0.25, 0.3) is 0 Å². The lowest BCUT2D eigenvalue weighted by molar-refractivity contribution is -0.129. The fourth-order valence-corrected chi connectivity index (χ4v) is 2.21. The average molecular weight is 365 g/mol. The summed E-state index contributed by atoms with van der Waals surface area (Å²) in [6.07, 6.45) is 3.10. The van der Waals surface area contributed by atoms with E-state index in [1.807, 2.05) is 24.3 Å². The highest BCUT2D eigenvalue weighted by molar-refractivity contribution is 14.1. The molecule has 1 aliphatic rings. The summed E-state index contributed by atoms with van der Waals surface area (Å²) in [6, 6.07) is 11.1. The van der Waals surface area contributed by atoms with Gasteiger partial charge in [-0.25, -0.2) is 9.79 Å². The van der Waals surface area contributed by atoms with Crippen LogP contribution in [0.4, 0.5) is 0 Å². The van der Waals surface area contributed by atoms with E-state index < -0.39 is 5.97 Å².